The van der Waals surface area contributed by atoms with E-state index in [0.717, 1.165) is 57.7 Å². The van der Waals surface area contributed by atoms with Crippen LogP contribution in [-0.4, -0.2) is 22.8 Å². The van der Waals surface area contributed by atoms with Crippen molar-refractivity contribution in [2.45, 2.75) is 112 Å². The molecule has 2 atom stereocenters. The van der Waals surface area contributed by atoms with Crippen LogP contribution in [-0.2, 0) is 19.1 Å². The minimum absolute atomic E-state index is 0.239. The Hall–Kier alpha value is -2.09. The summed E-state index contributed by atoms with van der Waals surface area (Å²) in [5.41, 5.74) is 5.01. The molecule has 0 aliphatic carbocycles. The zero-order valence-electron chi connectivity index (χ0n) is 24.6. The fourth-order valence-electron chi connectivity index (χ4n) is 3.90. The third-order valence-electron chi connectivity index (χ3n) is 5.82. The quantitative estimate of drug-likeness (QED) is 0.0945. The number of carbonyl (C=O) groups is 2. The molecule has 39 heavy (non-hydrogen) atoms. The summed E-state index contributed by atoms with van der Waals surface area (Å²) in [6, 6.07) is 8.80. The van der Waals surface area contributed by atoms with Gasteiger partial charge in [-0.2, -0.15) is 0 Å². The first-order valence-corrected chi connectivity index (χ1v) is 15.9. The van der Waals surface area contributed by atoms with Crippen LogP contribution in [0.15, 0.2) is 68.2 Å². The van der Waals surface area contributed by atoms with Crippen LogP contribution in [0, 0.1) is 27.7 Å². The van der Waals surface area contributed by atoms with Crippen molar-refractivity contribution in [1.29, 1.82) is 0 Å². The van der Waals surface area contributed by atoms with Gasteiger partial charge < -0.3 is 9.47 Å². The zero-order chi connectivity index (χ0) is 29.3. The van der Waals surface area contributed by atoms with Gasteiger partial charge in [-0.15, -0.1) is 0 Å². The molecule has 2 unspecified atom stereocenters. The van der Waals surface area contributed by atoms with Gasteiger partial charge in [0.05, 0.1) is 0 Å². The maximum absolute atomic E-state index is 12.1. The molecule has 0 saturated carbocycles. The molecule has 4 nitrogen and oxygen atoms in total. The van der Waals surface area contributed by atoms with Crippen molar-refractivity contribution < 1.29 is 19.1 Å². The Morgan fingerprint density at radius 2 is 1.00 bits per heavy atom. The van der Waals surface area contributed by atoms with Crippen LogP contribution in [0.2, 0.25) is 0 Å². The molecule has 0 fully saturated rings. The summed E-state index contributed by atoms with van der Waals surface area (Å²) in [6.07, 6.45) is 3.42. The first kappa shape index (κ1) is 33.1. The van der Waals surface area contributed by atoms with Crippen LogP contribution < -0.4 is 0 Å². The molecule has 7 heteroatoms. The minimum atomic E-state index is -0.342. The molecule has 0 bridgehead atoms. The van der Waals surface area contributed by atoms with E-state index in [9.17, 15) is 9.59 Å². The summed E-state index contributed by atoms with van der Waals surface area (Å²) < 4.78 is 11.4. The second-order valence-corrected chi connectivity index (χ2v) is 13.4. The molecule has 0 radical (unpaired) electrons. The van der Waals surface area contributed by atoms with E-state index in [0.29, 0.717) is 11.1 Å². The monoisotopic (exact) mass is 586 g/mol. The highest BCUT2D eigenvalue weighted by atomic mass is 32.2. The first-order chi connectivity index (χ1) is 18.4. The molecule has 0 amide bonds. The molecule has 2 rings (SSSR count). The Morgan fingerprint density at radius 1 is 0.692 bits per heavy atom. The van der Waals surface area contributed by atoms with Crippen molar-refractivity contribution in [1.82, 2.24) is 0 Å². The predicted molar refractivity (Wildman–Crippen MR) is 167 cm³/mol. The maximum Gasteiger partial charge on any atom is 0.334 e. The number of esters is 2. The molecule has 2 aromatic carbocycles. The van der Waals surface area contributed by atoms with Gasteiger partial charge >= 0.3 is 11.9 Å². The third-order valence-corrected chi connectivity index (χ3v) is 9.72. The summed E-state index contributed by atoms with van der Waals surface area (Å²) in [4.78, 5) is 28.9. The van der Waals surface area contributed by atoms with Crippen LogP contribution in [0.25, 0.3) is 0 Å². The summed E-state index contributed by atoms with van der Waals surface area (Å²) in [6.45, 7) is 23.4. The van der Waals surface area contributed by atoms with Crippen LogP contribution in [0.1, 0.15) is 75.6 Å². The van der Waals surface area contributed by atoms with E-state index in [1.165, 1.54) is 9.79 Å². The smallest absolute Gasteiger partial charge is 0.334 e. The molecular formula is C32H42O4S3. The van der Waals surface area contributed by atoms with Crippen LogP contribution in [0.4, 0.5) is 0 Å². The number of rotatable bonds is 14. The molecule has 0 aromatic heterocycles. The average molecular weight is 587 g/mol. The van der Waals surface area contributed by atoms with E-state index in [4.69, 9.17) is 9.47 Å². The Labute approximate surface area is 247 Å². The van der Waals surface area contributed by atoms with E-state index >= 15 is 0 Å². The lowest BCUT2D eigenvalue weighted by molar-refractivity contribution is -0.141. The van der Waals surface area contributed by atoms with Gasteiger partial charge in [0.15, 0.2) is 10.9 Å². The van der Waals surface area contributed by atoms with E-state index in [2.05, 4.69) is 79.0 Å². The number of hydrogen-bond donors (Lipinski definition) is 0. The van der Waals surface area contributed by atoms with Crippen molar-refractivity contribution in [3.63, 3.8) is 0 Å². The van der Waals surface area contributed by atoms with Gasteiger partial charge in [-0.25, -0.2) is 9.59 Å². The van der Waals surface area contributed by atoms with Gasteiger partial charge in [-0.05, 0) is 101 Å². The Balaban J connectivity index is 2.23. The second kappa shape index (κ2) is 15.6. The zero-order valence-corrected chi connectivity index (χ0v) is 27.0. The van der Waals surface area contributed by atoms with Crippen molar-refractivity contribution in [3.05, 3.63) is 70.8 Å². The standard InChI is InChI=1S/C32H42O4S3/c1-11-13-27(35-31(33)19(3)4)38-29-21(7)15-25(16-22(29)8)37-26-17-23(9)30(24(10)18-26)39-28(14-12-2)36-32(34)20(5)6/h15-18,27-28H,3,5,11-14H2,1-2,4,6-10H3. The summed E-state index contributed by atoms with van der Waals surface area (Å²) >= 11 is 4.96. The Kier molecular flexibility index (Phi) is 13.3. The maximum atomic E-state index is 12.1. The van der Waals surface area contributed by atoms with Gasteiger partial charge in [0.1, 0.15) is 0 Å². The topological polar surface area (TPSA) is 52.6 Å². The number of benzene rings is 2. The fraction of sp³-hybridized carbons (Fsp3) is 0.438. The van der Waals surface area contributed by atoms with E-state index in [1.54, 1.807) is 49.1 Å². The minimum Gasteiger partial charge on any atom is -0.448 e. The van der Waals surface area contributed by atoms with Crippen LogP contribution in [0.3, 0.4) is 0 Å². The number of carbonyl (C=O) groups excluding carboxylic acids is 2. The lowest BCUT2D eigenvalue weighted by Gasteiger charge is -2.21. The average Bonchev–Trinajstić information content (AvgIpc) is 2.83. The van der Waals surface area contributed by atoms with Gasteiger partial charge in [0, 0.05) is 30.7 Å². The lowest BCUT2D eigenvalue weighted by Crippen LogP contribution is -2.15. The van der Waals surface area contributed by atoms with Crippen molar-refractivity contribution >= 4 is 47.2 Å². The van der Waals surface area contributed by atoms with Crippen LogP contribution >= 0.6 is 35.3 Å². The molecule has 2 aromatic rings. The largest absolute Gasteiger partial charge is 0.448 e. The molecule has 212 valence electrons. The SMILES string of the molecule is C=C(C)C(=O)OC(CCC)Sc1c(C)cc(Sc2cc(C)c(SC(CCC)OC(=O)C(=C)C)c(C)c2)cc1C. The third kappa shape index (κ3) is 10.1. The van der Waals surface area contributed by atoms with Gasteiger partial charge in [0.2, 0.25) is 0 Å². The molecule has 0 aliphatic rings. The molecule has 0 spiro atoms. The first-order valence-electron chi connectivity index (χ1n) is 13.3. The molecule has 0 saturated heterocycles. The Bertz CT molecular complexity index is 1080. The molecular weight excluding hydrogens is 545 g/mol. The van der Waals surface area contributed by atoms with Crippen LogP contribution in [0.5, 0.6) is 0 Å². The molecule has 0 aliphatic heterocycles. The lowest BCUT2D eigenvalue weighted by atomic mass is 10.1. The number of aryl methyl sites for hydroxylation is 4. The molecule has 0 N–H and O–H groups in total. The molecule has 0 heterocycles. The van der Waals surface area contributed by atoms with Crippen molar-refractivity contribution in [3.8, 4) is 0 Å². The summed E-state index contributed by atoms with van der Waals surface area (Å²) in [5.74, 6) is -0.684. The highest BCUT2D eigenvalue weighted by molar-refractivity contribution is 8.00. The second-order valence-electron chi connectivity index (χ2n) is 9.92. The fourth-order valence-corrected chi connectivity index (χ4v) is 7.60. The van der Waals surface area contributed by atoms with E-state index in [1.807, 2.05) is 0 Å². The summed E-state index contributed by atoms with van der Waals surface area (Å²) in [7, 11) is 0. The number of thioether (sulfide) groups is 2. The van der Waals surface area contributed by atoms with Gasteiger partial charge in [0.25, 0.3) is 0 Å². The summed E-state index contributed by atoms with van der Waals surface area (Å²) in [5, 5.41) is 0. The highest BCUT2D eigenvalue weighted by Gasteiger charge is 2.20. The van der Waals surface area contributed by atoms with E-state index in [-0.39, 0.29) is 22.8 Å². The van der Waals surface area contributed by atoms with Crippen molar-refractivity contribution in [2.75, 3.05) is 0 Å². The Morgan fingerprint density at radius 3 is 1.26 bits per heavy atom. The van der Waals surface area contributed by atoms with E-state index < -0.39 is 0 Å². The number of hydrogen-bond acceptors (Lipinski definition) is 7. The van der Waals surface area contributed by atoms with Gasteiger partial charge in [-0.3, -0.25) is 0 Å². The van der Waals surface area contributed by atoms with Crippen molar-refractivity contribution in [2.24, 2.45) is 0 Å². The highest BCUT2D eigenvalue weighted by Crippen LogP contribution is 2.40. The predicted octanol–water partition coefficient (Wildman–Crippen LogP) is 9.75. The normalized spacial score (nSPS) is 12.5. The number of ether oxygens (including phenoxy) is 2. The van der Waals surface area contributed by atoms with Gasteiger partial charge in [-0.1, -0.05) is 75.1 Å².